The Kier molecular flexibility index (Phi) is 5.93. The number of anilines is 1. The van der Waals surface area contributed by atoms with Crippen LogP contribution in [0.1, 0.15) is 59.5 Å². The molecule has 1 rings (SSSR count). The van der Waals surface area contributed by atoms with Crippen molar-refractivity contribution in [3.8, 4) is 0 Å². The molecular formula is C16H29N3O. The second-order valence-corrected chi connectivity index (χ2v) is 6.57. The maximum absolute atomic E-state index is 5.21. The molecule has 0 spiro atoms. The van der Waals surface area contributed by atoms with Crippen LogP contribution in [0.25, 0.3) is 0 Å². The second kappa shape index (κ2) is 7.02. The predicted octanol–water partition coefficient (Wildman–Crippen LogP) is 3.77. The Hall–Kier alpha value is -1.16. The summed E-state index contributed by atoms with van der Waals surface area (Å²) in [6, 6.07) is 2.37. The summed E-state index contributed by atoms with van der Waals surface area (Å²) in [4.78, 5) is 9.26. The number of methoxy groups -OCH3 is 1. The summed E-state index contributed by atoms with van der Waals surface area (Å²) in [7, 11) is 1.69. The van der Waals surface area contributed by atoms with E-state index in [1.165, 1.54) is 0 Å². The van der Waals surface area contributed by atoms with Gasteiger partial charge in [-0.2, -0.15) is 0 Å². The zero-order chi connectivity index (χ0) is 15.3. The van der Waals surface area contributed by atoms with E-state index in [4.69, 9.17) is 4.74 Å². The van der Waals surface area contributed by atoms with Gasteiger partial charge < -0.3 is 10.1 Å². The van der Waals surface area contributed by atoms with Gasteiger partial charge in [0.25, 0.3) is 0 Å². The fourth-order valence-electron chi connectivity index (χ4n) is 1.86. The van der Waals surface area contributed by atoms with Crippen molar-refractivity contribution in [2.45, 2.75) is 66.0 Å². The minimum Gasteiger partial charge on any atom is -0.378 e. The van der Waals surface area contributed by atoms with Crippen molar-refractivity contribution in [2.24, 2.45) is 5.92 Å². The van der Waals surface area contributed by atoms with Gasteiger partial charge in [0.05, 0.1) is 12.3 Å². The Morgan fingerprint density at radius 3 is 2.40 bits per heavy atom. The highest BCUT2D eigenvalue weighted by Gasteiger charge is 2.20. The Bertz CT molecular complexity index is 426. The molecule has 1 aromatic heterocycles. The number of hydrogen-bond acceptors (Lipinski definition) is 4. The molecule has 1 heterocycles. The summed E-state index contributed by atoms with van der Waals surface area (Å²) in [5.41, 5.74) is 0.853. The molecule has 1 aromatic rings. The van der Waals surface area contributed by atoms with Gasteiger partial charge in [0, 0.05) is 24.6 Å². The van der Waals surface area contributed by atoms with Crippen molar-refractivity contribution in [3.63, 3.8) is 0 Å². The highest BCUT2D eigenvalue weighted by atomic mass is 16.5. The van der Waals surface area contributed by atoms with Crippen LogP contribution < -0.4 is 5.32 Å². The van der Waals surface area contributed by atoms with Crippen LogP contribution in [0.2, 0.25) is 0 Å². The molecule has 2 unspecified atom stereocenters. The van der Waals surface area contributed by atoms with Crippen LogP contribution in [0.4, 0.5) is 5.82 Å². The normalized spacial score (nSPS) is 14.9. The molecule has 2 atom stereocenters. The Morgan fingerprint density at radius 1 is 1.25 bits per heavy atom. The van der Waals surface area contributed by atoms with Gasteiger partial charge in [0.1, 0.15) is 11.6 Å². The highest BCUT2D eigenvalue weighted by molar-refractivity contribution is 5.38. The molecule has 4 nitrogen and oxygen atoms in total. The molecule has 4 heteroatoms. The summed E-state index contributed by atoms with van der Waals surface area (Å²) in [5.74, 6) is 2.35. The summed E-state index contributed by atoms with van der Waals surface area (Å²) in [5, 5.41) is 3.50. The predicted molar refractivity (Wildman–Crippen MR) is 84.0 cm³/mol. The largest absolute Gasteiger partial charge is 0.378 e. The molecule has 0 fully saturated rings. The van der Waals surface area contributed by atoms with Gasteiger partial charge >= 0.3 is 0 Å². The van der Waals surface area contributed by atoms with Crippen molar-refractivity contribution < 1.29 is 4.74 Å². The first kappa shape index (κ1) is 16.9. The quantitative estimate of drug-likeness (QED) is 0.861. The number of aromatic nitrogens is 2. The Morgan fingerprint density at radius 2 is 1.90 bits per heavy atom. The molecule has 0 radical (unpaired) electrons. The fraction of sp³-hybridized carbons (Fsp3) is 0.750. The molecule has 0 saturated carbocycles. The third-order valence-corrected chi connectivity index (χ3v) is 3.62. The number of rotatable bonds is 6. The lowest BCUT2D eigenvalue weighted by Gasteiger charge is -2.23. The highest BCUT2D eigenvalue weighted by Crippen LogP contribution is 2.22. The second-order valence-electron chi connectivity index (χ2n) is 6.57. The van der Waals surface area contributed by atoms with Crippen LogP contribution in [-0.2, 0) is 16.8 Å². The van der Waals surface area contributed by atoms with Crippen molar-refractivity contribution in [1.29, 1.82) is 0 Å². The summed E-state index contributed by atoms with van der Waals surface area (Å²) < 4.78 is 5.21. The molecule has 0 bridgehead atoms. The zero-order valence-electron chi connectivity index (χ0n) is 13.9. The van der Waals surface area contributed by atoms with Crippen molar-refractivity contribution in [2.75, 3.05) is 12.4 Å². The zero-order valence-corrected chi connectivity index (χ0v) is 13.9. The summed E-state index contributed by atoms with van der Waals surface area (Å²) >= 11 is 0. The lowest BCUT2D eigenvalue weighted by molar-refractivity contribution is 0.181. The summed E-state index contributed by atoms with van der Waals surface area (Å²) in [6.07, 6.45) is 1.15. The van der Waals surface area contributed by atoms with Crippen molar-refractivity contribution in [3.05, 3.63) is 17.6 Å². The van der Waals surface area contributed by atoms with Gasteiger partial charge in [-0.05, 0) is 12.8 Å². The van der Waals surface area contributed by atoms with Crippen LogP contribution in [0.3, 0.4) is 0 Å². The van der Waals surface area contributed by atoms with Crippen LogP contribution >= 0.6 is 0 Å². The average Bonchev–Trinajstić information content (AvgIpc) is 2.36. The standard InChI is InChI=1S/C16H29N3O/c1-8-11(2)12(3)17-14-9-13(10-20-7)18-15(19-14)16(4,5)6/h9,11-12H,8,10H2,1-7H3,(H,17,18,19). The van der Waals surface area contributed by atoms with Crippen molar-refractivity contribution in [1.82, 2.24) is 9.97 Å². The van der Waals surface area contributed by atoms with E-state index >= 15 is 0 Å². The first-order valence-corrected chi connectivity index (χ1v) is 7.41. The molecular weight excluding hydrogens is 250 g/mol. The minimum atomic E-state index is -0.0697. The number of hydrogen-bond donors (Lipinski definition) is 1. The van der Waals surface area contributed by atoms with Gasteiger partial charge in [0.2, 0.25) is 0 Å². The maximum Gasteiger partial charge on any atom is 0.136 e. The first-order valence-electron chi connectivity index (χ1n) is 7.41. The maximum atomic E-state index is 5.21. The topological polar surface area (TPSA) is 47.0 Å². The van der Waals surface area contributed by atoms with E-state index in [2.05, 4.69) is 56.8 Å². The number of ether oxygens (including phenoxy) is 1. The number of nitrogens with zero attached hydrogens (tertiary/aromatic N) is 2. The van der Waals surface area contributed by atoms with E-state index in [1.807, 2.05) is 6.07 Å². The SMILES string of the molecule is CCC(C)C(C)Nc1cc(COC)nc(C(C)(C)C)n1. The Labute approximate surface area is 123 Å². The first-order chi connectivity index (χ1) is 9.27. The van der Waals surface area contributed by atoms with Crippen LogP contribution in [-0.4, -0.2) is 23.1 Å². The smallest absolute Gasteiger partial charge is 0.136 e. The molecule has 0 amide bonds. The van der Waals surface area contributed by atoms with Crippen molar-refractivity contribution >= 4 is 5.82 Å². The van der Waals surface area contributed by atoms with E-state index in [1.54, 1.807) is 7.11 Å². The van der Waals surface area contributed by atoms with Crippen LogP contribution in [0, 0.1) is 5.92 Å². The molecule has 0 aliphatic carbocycles. The fourth-order valence-corrected chi connectivity index (χ4v) is 1.86. The Balaban J connectivity index is 3.03. The van der Waals surface area contributed by atoms with E-state index < -0.39 is 0 Å². The van der Waals surface area contributed by atoms with E-state index in [9.17, 15) is 0 Å². The molecule has 20 heavy (non-hydrogen) atoms. The third-order valence-electron chi connectivity index (χ3n) is 3.62. The molecule has 0 saturated heterocycles. The van der Waals surface area contributed by atoms with E-state index in [-0.39, 0.29) is 5.41 Å². The van der Waals surface area contributed by atoms with Crippen LogP contribution in [0.15, 0.2) is 6.07 Å². The monoisotopic (exact) mass is 279 g/mol. The molecule has 1 N–H and O–H groups in total. The molecule has 0 aliphatic heterocycles. The molecule has 0 aromatic carbocycles. The summed E-state index contributed by atoms with van der Waals surface area (Å²) in [6.45, 7) is 13.5. The lowest BCUT2D eigenvalue weighted by atomic mass is 9.95. The van der Waals surface area contributed by atoms with Gasteiger partial charge in [-0.15, -0.1) is 0 Å². The van der Waals surface area contributed by atoms with Crippen LogP contribution in [0.5, 0.6) is 0 Å². The third kappa shape index (κ3) is 4.75. The minimum absolute atomic E-state index is 0.0697. The van der Waals surface area contributed by atoms with Gasteiger partial charge in [-0.3, -0.25) is 0 Å². The number of nitrogens with one attached hydrogen (secondary N) is 1. The van der Waals surface area contributed by atoms with E-state index in [0.29, 0.717) is 18.6 Å². The van der Waals surface area contributed by atoms with E-state index in [0.717, 1.165) is 23.8 Å². The lowest BCUT2D eigenvalue weighted by Crippen LogP contribution is -2.25. The average molecular weight is 279 g/mol. The van der Waals surface area contributed by atoms with Gasteiger partial charge in [0.15, 0.2) is 0 Å². The van der Waals surface area contributed by atoms with Gasteiger partial charge in [-0.25, -0.2) is 9.97 Å². The molecule has 114 valence electrons. The van der Waals surface area contributed by atoms with Gasteiger partial charge in [-0.1, -0.05) is 41.0 Å². The molecule has 0 aliphatic rings.